The molecule has 0 unspecified atom stereocenters. The zero-order valence-corrected chi connectivity index (χ0v) is 18.7. The molecule has 0 aliphatic rings. The summed E-state index contributed by atoms with van der Waals surface area (Å²) in [6.07, 6.45) is 3.91. The van der Waals surface area contributed by atoms with Crippen molar-refractivity contribution in [3.05, 3.63) is 101 Å². The van der Waals surface area contributed by atoms with Crippen LogP contribution in [0, 0.1) is 6.92 Å². The number of carbonyl (C=O) groups is 1. The Balaban J connectivity index is 1.39. The van der Waals surface area contributed by atoms with Crippen LogP contribution in [0.3, 0.4) is 0 Å². The first-order chi connectivity index (χ1) is 15.5. The predicted octanol–water partition coefficient (Wildman–Crippen LogP) is 4.21. The molecule has 32 heavy (non-hydrogen) atoms. The van der Waals surface area contributed by atoms with E-state index >= 15 is 0 Å². The minimum absolute atomic E-state index is 0.163. The van der Waals surface area contributed by atoms with Gasteiger partial charge >= 0.3 is 0 Å². The van der Waals surface area contributed by atoms with Gasteiger partial charge in [0.05, 0.1) is 11.3 Å². The Kier molecular flexibility index (Phi) is 6.52. The third-order valence-electron chi connectivity index (χ3n) is 5.21. The Morgan fingerprint density at radius 2 is 1.78 bits per heavy atom. The number of imidazole rings is 1. The number of rotatable bonds is 8. The number of carbonyl (C=O) groups excluding carboxylic acids is 1. The number of amides is 1. The normalized spacial score (nSPS) is 11.1. The second-order valence-corrected chi connectivity index (χ2v) is 8.18. The van der Waals surface area contributed by atoms with Crippen molar-refractivity contribution in [2.24, 2.45) is 0 Å². The van der Waals surface area contributed by atoms with Crippen LogP contribution in [0.25, 0.3) is 5.65 Å². The highest BCUT2D eigenvalue weighted by molar-refractivity contribution is 5.96. The lowest BCUT2D eigenvalue weighted by Gasteiger charge is -2.12. The quantitative estimate of drug-likeness (QED) is 0.457. The molecule has 2 heterocycles. The van der Waals surface area contributed by atoms with Crippen LogP contribution in [-0.2, 0) is 19.7 Å². The number of para-hydroxylation sites is 1. The van der Waals surface area contributed by atoms with Crippen molar-refractivity contribution < 1.29 is 9.53 Å². The molecule has 6 nitrogen and oxygen atoms in total. The third kappa shape index (κ3) is 5.15. The van der Waals surface area contributed by atoms with Crippen molar-refractivity contribution in [1.82, 2.24) is 19.6 Å². The van der Waals surface area contributed by atoms with E-state index in [1.165, 1.54) is 5.56 Å². The average molecular weight is 429 g/mol. The maximum absolute atomic E-state index is 12.8. The summed E-state index contributed by atoms with van der Waals surface area (Å²) in [7, 11) is 4.09. The molecule has 1 amide bonds. The highest BCUT2D eigenvalue weighted by Gasteiger charge is 2.13. The van der Waals surface area contributed by atoms with E-state index in [9.17, 15) is 4.79 Å². The molecule has 0 aliphatic heterocycles. The Morgan fingerprint density at radius 3 is 2.53 bits per heavy atom. The molecule has 0 radical (unpaired) electrons. The predicted molar refractivity (Wildman–Crippen MR) is 126 cm³/mol. The maximum Gasteiger partial charge on any atom is 0.255 e. The number of nitrogens with one attached hydrogen (secondary N) is 1. The summed E-state index contributed by atoms with van der Waals surface area (Å²) in [6, 6.07) is 19.6. The number of aromatic nitrogens is 2. The summed E-state index contributed by atoms with van der Waals surface area (Å²) in [4.78, 5) is 19.6. The molecule has 0 saturated heterocycles. The zero-order chi connectivity index (χ0) is 22.5. The standard InChI is InChI=1S/C26H28N4O2/c1-19-7-6-14-30-17-22(28-25(19)30)18-32-24-9-5-4-8-23(24)26(31)27-15-20-10-12-21(13-11-20)16-29(2)3/h4-14,17H,15-16,18H2,1-3H3,(H,27,31). The molecular formula is C26H28N4O2. The largest absolute Gasteiger partial charge is 0.486 e. The van der Waals surface area contributed by atoms with Gasteiger partial charge in [-0.1, -0.05) is 42.5 Å². The summed E-state index contributed by atoms with van der Waals surface area (Å²) in [5, 5.41) is 2.99. The van der Waals surface area contributed by atoms with E-state index in [1.54, 1.807) is 6.07 Å². The van der Waals surface area contributed by atoms with Crippen molar-refractivity contribution in [3.63, 3.8) is 0 Å². The summed E-state index contributed by atoms with van der Waals surface area (Å²) in [6.45, 7) is 3.67. The van der Waals surface area contributed by atoms with Crippen molar-refractivity contribution >= 4 is 11.6 Å². The lowest BCUT2D eigenvalue weighted by molar-refractivity contribution is 0.0946. The fourth-order valence-corrected chi connectivity index (χ4v) is 3.61. The van der Waals surface area contributed by atoms with Gasteiger partial charge in [-0.2, -0.15) is 0 Å². The zero-order valence-electron chi connectivity index (χ0n) is 18.7. The molecule has 2 aromatic carbocycles. The lowest BCUT2D eigenvalue weighted by atomic mass is 10.1. The van der Waals surface area contributed by atoms with Gasteiger partial charge in [-0.05, 0) is 55.9 Å². The van der Waals surface area contributed by atoms with Gasteiger partial charge in [0.25, 0.3) is 5.91 Å². The van der Waals surface area contributed by atoms with Crippen molar-refractivity contribution in [3.8, 4) is 5.75 Å². The van der Waals surface area contributed by atoms with Crippen LogP contribution in [-0.4, -0.2) is 34.3 Å². The summed E-state index contributed by atoms with van der Waals surface area (Å²) in [5.74, 6) is 0.379. The van der Waals surface area contributed by atoms with Crippen LogP contribution >= 0.6 is 0 Å². The molecule has 164 valence electrons. The number of aryl methyl sites for hydroxylation is 1. The van der Waals surface area contributed by atoms with E-state index < -0.39 is 0 Å². The molecule has 4 aromatic rings. The number of pyridine rings is 1. The number of nitrogens with zero attached hydrogens (tertiary/aromatic N) is 3. The first kappa shape index (κ1) is 21.6. The molecule has 4 rings (SSSR count). The molecule has 0 aliphatic carbocycles. The highest BCUT2D eigenvalue weighted by Crippen LogP contribution is 2.20. The molecule has 2 aromatic heterocycles. The van der Waals surface area contributed by atoms with Gasteiger partial charge in [-0.25, -0.2) is 4.98 Å². The van der Waals surface area contributed by atoms with Gasteiger partial charge in [-0.15, -0.1) is 0 Å². The smallest absolute Gasteiger partial charge is 0.255 e. The Morgan fingerprint density at radius 1 is 1.03 bits per heavy atom. The van der Waals surface area contributed by atoms with Crippen LogP contribution in [0.1, 0.15) is 32.7 Å². The van der Waals surface area contributed by atoms with Gasteiger partial charge in [-0.3, -0.25) is 4.79 Å². The molecule has 6 heteroatoms. The molecule has 1 N–H and O–H groups in total. The molecule has 0 spiro atoms. The van der Waals surface area contributed by atoms with Gasteiger partial charge in [0.2, 0.25) is 0 Å². The minimum atomic E-state index is -0.163. The van der Waals surface area contributed by atoms with Crippen molar-refractivity contribution in [1.29, 1.82) is 0 Å². The van der Waals surface area contributed by atoms with E-state index in [1.807, 2.05) is 80.3 Å². The fraction of sp³-hybridized carbons (Fsp3) is 0.231. The summed E-state index contributed by atoms with van der Waals surface area (Å²) < 4.78 is 7.96. The first-order valence-electron chi connectivity index (χ1n) is 10.7. The number of ether oxygens (including phenoxy) is 1. The van der Waals surface area contributed by atoms with Crippen LogP contribution in [0.15, 0.2) is 73.1 Å². The summed E-state index contributed by atoms with van der Waals surface area (Å²) in [5.41, 5.74) is 5.64. The molecule has 0 bridgehead atoms. The Bertz CT molecular complexity index is 1210. The average Bonchev–Trinajstić information content (AvgIpc) is 3.21. The number of fused-ring (bicyclic) bond motifs is 1. The van der Waals surface area contributed by atoms with E-state index in [-0.39, 0.29) is 5.91 Å². The highest BCUT2D eigenvalue weighted by atomic mass is 16.5. The van der Waals surface area contributed by atoms with Crippen LogP contribution in [0.5, 0.6) is 5.75 Å². The molecule has 0 saturated carbocycles. The van der Waals surface area contributed by atoms with Crippen molar-refractivity contribution in [2.75, 3.05) is 14.1 Å². The Labute approximate surface area is 188 Å². The second-order valence-electron chi connectivity index (χ2n) is 8.18. The SMILES string of the molecule is Cc1cccn2cc(COc3ccccc3C(=O)NCc3ccc(CN(C)C)cc3)nc12. The van der Waals surface area contributed by atoms with E-state index in [4.69, 9.17) is 4.74 Å². The van der Waals surface area contributed by atoms with Crippen molar-refractivity contribution in [2.45, 2.75) is 26.6 Å². The monoisotopic (exact) mass is 428 g/mol. The molecule has 0 fully saturated rings. The van der Waals surface area contributed by atoms with Crippen LogP contribution in [0.4, 0.5) is 0 Å². The molecular weight excluding hydrogens is 400 g/mol. The Hall–Kier alpha value is -3.64. The van der Waals surface area contributed by atoms with Crippen LogP contribution < -0.4 is 10.1 Å². The van der Waals surface area contributed by atoms with Gasteiger partial charge in [0.1, 0.15) is 18.0 Å². The summed E-state index contributed by atoms with van der Waals surface area (Å²) >= 11 is 0. The van der Waals surface area contributed by atoms with Gasteiger partial charge < -0.3 is 19.4 Å². The first-order valence-corrected chi connectivity index (χ1v) is 10.7. The number of hydrogen-bond acceptors (Lipinski definition) is 4. The fourth-order valence-electron chi connectivity index (χ4n) is 3.61. The van der Waals surface area contributed by atoms with E-state index in [0.717, 1.165) is 29.0 Å². The van der Waals surface area contributed by atoms with E-state index in [2.05, 4.69) is 27.3 Å². The maximum atomic E-state index is 12.8. The topological polar surface area (TPSA) is 58.9 Å². The third-order valence-corrected chi connectivity index (χ3v) is 5.21. The number of hydrogen-bond donors (Lipinski definition) is 1. The lowest BCUT2D eigenvalue weighted by Crippen LogP contribution is -2.23. The van der Waals surface area contributed by atoms with E-state index in [0.29, 0.717) is 24.5 Å². The van der Waals surface area contributed by atoms with Crippen LogP contribution in [0.2, 0.25) is 0 Å². The second kappa shape index (κ2) is 9.66. The number of benzene rings is 2. The molecule has 0 atom stereocenters. The van der Waals surface area contributed by atoms with Gasteiger partial charge in [0.15, 0.2) is 0 Å². The minimum Gasteiger partial charge on any atom is -0.486 e. The van der Waals surface area contributed by atoms with Gasteiger partial charge in [0, 0.05) is 25.5 Å².